The predicted octanol–water partition coefficient (Wildman–Crippen LogP) is 2.14. The summed E-state index contributed by atoms with van der Waals surface area (Å²) in [7, 11) is 1.90. The van der Waals surface area contributed by atoms with Crippen molar-refractivity contribution in [2.75, 3.05) is 13.6 Å². The Kier molecular flexibility index (Phi) is 3.21. The molecular formula is C18H22N2O2. The summed E-state index contributed by atoms with van der Waals surface area (Å²) in [6.45, 7) is 0.626. The van der Waals surface area contributed by atoms with Gasteiger partial charge in [0, 0.05) is 26.1 Å². The van der Waals surface area contributed by atoms with Gasteiger partial charge in [0.25, 0.3) is 0 Å². The number of carbonyl (C=O) groups is 2. The average Bonchev–Trinajstić information content (AvgIpc) is 3.16. The molecule has 3 aliphatic rings. The third-order valence-electron chi connectivity index (χ3n) is 5.41. The lowest BCUT2D eigenvalue weighted by atomic mass is 10.0. The zero-order valence-corrected chi connectivity index (χ0v) is 13.0. The van der Waals surface area contributed by atoms with Crippen molar-refractivity contribution in [1.29, 1.82) is 0 Å². The number of amides is 2. The first kappa shape index (κ1) is 13.8. The quantitative estimate of drug-likeness (QED) is 0.858. The molecular weight excluding hydrogens is 276 g/mol. The van der Waals surface area contributed by atoms with Crippen molar-refractivity contribution >= 4 is 11.8 Å². The molecule has 0 N–H and O–H groups in total. The molecule has 1 saturated heterocycles. The van der Waals surface area contributed by atoms with E-state index >= 15 is 0 Å². The smallest absolute Gasteiger partial charge is 0.228 e. The van der Waals surface area contributed by atoms with Crippen molar-refractivity contribution in [3.8, 4) is 0 Å². The Morgan fingerprint density at radius 2 is 2.00 bits per heavy atom. The first-order valence-electron chi connectivity index (χ1n) is 8.29. The van der Waals surface area contributed by atoms with Gasteiger partial charge in [0.2, 0.25) is 11.8 Å². The molecule has 116 valence electrons. The van der Waals surface area contributed by atoms with Crippen molar-refractivity contribution in [1.82, 2.24) is 9.80 Å². The molecule has 1 aromatic carbocycles. The molecule has 2 fully saturated rings. The zero-order chi connectivity index (χ0) is 15.3. The molecule has 0 bridgehead atoms. The lowest BCUT2D eigenvalue weighted by Gasteiger charge is -2.28. The van der Waals surface area contributed by atoms with Crippen LogP contribution in [-0.4, -0.2) is 41.2 Å². The highest BCUT2D eigenvalue weighted by Crippen LogP contribution is 2.37. The van der Waals surface area contributed by atoms with Crippen LogP contribution in [0.2, 0.25) is 0 Å². The summed E-state index contributed by atoms with van der Waals surface area (Å²) in [6.07, 6.45) is 4.65. The van der Waals surface area contributed by atoms with Crippen LogP contribution >= 0.6 is 0 Å². The molecule has 1 heterocycles. The van der Waals surface area contributed by atoms with E-state index in [9.17, 15) is 9.59 Å². The summed E-state index contributed by atoms with van der Waals surface area (Å²) in [4.78, 5) is 28.7. The third-order valence-corrected chi connectivity index (χ3v) is 5.41. The Hall–Kier alpha value is -1.84. The number of fused-ring (bicyclic) bond motifs is 1. The SMILES string of the molecule is CN(C(=O)C1CC(=O)N(C2CC2)C1)C1CCc2ccccc21. The van der Waals surface area contributed by atoms with Crippen LogP contribution in [0, 0.1) is 5.92 Å². The summed E-state index contributed by atoms with van der Waals surface area (Å²) in [5.74, 6) is 0.158. The zero-order valence-electron chi connectivity index (χ0n) is 13.0. The fourth-order valence-electron chi connectivity index (χ4n) is 4.01. The lowest BCUT2D eigenvalue weighted by Crippen LogP contribution is -2.37. The average molecular weight is 298 g/mol. The Balaban J connectivity index is 1.48. The molecule has 4 heteroatoms. The minimum atomic E-state index is -0.147. The largest absolute Gasteiger partial charge is 0.339 e. The fraction of sp³-hybridized carbons (Fsp3) is 0.556. The van der Waals surface area contributed by atoms with Gasteiger partial charge in [-0.3, -0.25) is 9.59 Å². The number of carbonyl (C=O) groups excluding carboxylic acids is 2. The van der Waals surface area contributed by atoms with E-state index in [0.717, 1.165) is 25.7 Å². The summed E-state index contributed by atoms with van der Waals surface area (Å²) in [6, 6.07) is 8.99. The molecule has 4 nitrogen and oxygen atoms in total. The van der Waals surface area contributed by atoms with Crippen LogP contribution in [-0.2, 0) is 16.0 Å². The first-order valence-corrected chi connectivity index (χ1v) is 8.29. The predicted molar refractivity (Wildman–Crippen MR) is 83.1 cm³/mol. The Bertz CT molecular complexity index is 623. The van der Waals surface area contributed by atoms with Crippen LogP contribution in [0.5, 0.6) is 0 Å². The first-order chi connectivity index (χ1) is 10.6. The van der Waals surface area contributed by atoms with Gasteiger partial charge in [-0.2, -0.15) is 0 Å². The Labute approximate surface area is 131 Å². The van der Waals surface area contributed by atoms with Crippen molar-refractivity contribution in [3.63, 3.8) is 0 Å². The highest BCUT2D eigenvalue weighted by molar-refractivity contribution is 5.89. The maximum atomic E-state index is 12.8. The summed E-state index contributed by atoms with van der Waals surface area (Å²) < 4.78 is 0. The molecule has 0 radical (unpaired) electrons. The lowest BCUT2D eigenvalue weighted by molar-refractivity contribution is -0.136. The second-order valence-corrected chi connectivity index (χ2v) is 6.88. The van der Waals surface area contributed by atoms with Crippen molar-refractivity contribution in [2.45, 2.75) is 44.2 Å². The van der Waals surface area contributed by atoms with Crippen LogP contribution in [0.3, 0.4) is 0 Å². The van der Waals surface area contributed by atoms with E-state index in [1.54, 1.807) is 0 Å². The number of aryl methyl sites for hydroxylation is 1. The van der Waals surface area contributed by atoms with Gasteiger partial charge >= 0.3 is 0 Å². The van der Waals surface area contributed by atoms with Gasteiger partial charge in [0.15, 0.2) is 0 Å². The summed E-state index contributed by atoms with van der Waals surface area (Å²) in [5.41, 5.74) is 2.64. The molecule has 4 rings (SSSR count). The molecule has 1 saturated carbocycles. The number of likely N-dealkylation sites (tertiary alicyclic amines) is 1. The minimum Gasteiger partial charge on any atom is -0.339 e. The van der Waals surface area contributed by atoms with Crippen LogP contribution in [0.4, 0.5) is 0 Å². The highest BCUT2D eigenvalue weighted by Gasteiger charge is 2.43. The minimum absolute atomic E-state index is 0.137. The molecule has 1 aliphatic heterocycles. The number of hydrogen-bond acceptors (Lipinski definition) is 2. The monoisotopic (exact) mass is 298 g/mol. The van der Waals surface area contributed by atoms with E-state index in [-0.39, 0.29) is 23.8 Å². The van der Waals surface area contributed by atoms with Crippen molar-refractivity contribution in [3.05, 3.63) is 35.4 Å². The van der Waals surface area contributed by atoms with Crippen molar-refractivity contribution in [2.24, 2.45) is 5.92 Å². The number of rotatable bonds is 3. The van der Waals surface area contributed by atoms with Crippen LogP contribution in [0.15, 0.2) is 24.3 Å². The molecule has 2 aliphatic carbocycles. The molecule has 2 atom stereocenters. The van der Waals surface area contributed by atoms with Gasteiger partial charge < -0.3 is 9.80 Å². The van der Waals surface area contributed by atoms with Crippen molar-refractivity contribution < 1.29 is 9.59 Å². The van der Waals surface area contributed by atoms with Gasteiger partial charge in [-0.25, -0.2) is 0 Å². The Morgan fingerprint density at radius 3 is 2.77 bits per heavy atom. The number of hydrogen-bond donors (Lipinski definition) is 0. The molecule has 1 aromatic rings. The maximum Gasteiger partial charge on any atom is 0.228 e. The summed E-state index contributed by atoms with van der Waals surface area (Å²) in [5, 5.41) is 0. The Morgan fingerprint density at radius 1 is 1.23 bits per heavy atom. The molecule has 0 spiro atoms. The fourth-order valence-corrected chi connectivity index (χ4v) is 4.01. The molecule has 2 unspecified atom stereocenters. The molecule has 0 aromatic heterocycles. The van der Waals surface area contributed by atoms with Crippen LogP contribution in [0.25, 0.3) is 0 Å². The standard InChI is InChI=1S/C18H22N2O2/c1-19(16-9-6-12-4-2-3-5-15(12)16)18(22)13-10-17(21)20(11-13)14-7-8-14/h2-5,13-14,16H,6-11H2,1H3. The topological polar surface area (TPSA) is 40.6 Å². The van der Waals surface area contributed by atoms with Gasteiger partial charge in [-0.05, 0) is 36.8 Å². The van der Waals surface area contributed by atoms with Gasteiger partial charge in [-0.1, -0.05) is 24.3 Å². The second-order valence-electron chi connectivity index (χ2n) is 6.88. The molecule has 22 heavy (non-hydrogen) atoms. The summed E-state index contributed by atoms with van der Waals surface area (Å²) >= 11 is 0. The second kappa shape index (κ2) is 5.11. The van der Waals surface area contributed by atoms with Gasteiger partial charge in [-0.15, -0.1) is 0 Å². The molecule has 2 amide bonds. The van der Waals surface area contributed by atoms with E-state index in [2.05, 4.69) is 18.2 Å². The van der Waals surface area contributed by atoms with Gasteiger partial charge in [0.05, 0.1) is 12.0 Å². The highest BCUT2D eigenvalue weighted by atomic mass is 16.2. The van der Waals surface area contributed by atoms with E-state index in [1.165, 1.54) is 11.1 Å². The maximum absolute atomic E-state index is 12.8. The van der Waals surface area contributed by atoms with E-state index in [4.69, 9.17) is 0 Å². The van der Waals surface area contributed by atoms with E-state index < -0.39 is 0 Å². The number of nitrogens with zero attached hydrogens (tertiary/aromatic N) is 2. The van der Waals surface area contributed by atoms with E-state index in [0.29, 0.717) is 19.0 Å². The third kappa shape index (κ3) is 2.21. The van der Waals surface area contributed by atoms with E-state index in [1.807, 2.05) is 22.9 Å². The number of benzene rings is 1. The normalized spacial score (nSPS) is 27.1. The van der Waals surface area contributed by atoms with Gasteiger partial charge in [0.1, 0.15) is 0 Å². The van der Waals surface area contributed by atoms with Crippen LogP contribution < -0.4 is 0 Å². The van der Waals surface area contributed by atoms with Crippen LogP contribution in [0.1, 0.15) is 42.9 Å².